The van der Waals surface area contributed by atoms with Gasteiger partial charge in [-0.05, 0) is 68.7 Å². The number of carbonyl (C=O) groups is 2. The van der Waals surface area contributed by atoms with Gasteiger partial charge in [0.05, 0.1) is 5.92 Å². The van der Waals surface area contributed by atoms with Gasteiger partial charge in [-0.3, -0.25) is 9.59 Å². The summed E-state index contributed by atoms with van der Waals surface area (Å²) in [5, 5.41) is 2.97. The van der Waals surface area contributed by atoms with Gasteiger partial charge in [0.2, 0.25) is 15.9 Å². The number of sulfonamides is 1. The molecule has 4 rings (SSSR count). The molecule has 8 nitrogen and oxygen atoms in total. The van der Waals surface area contributed by atoms with Crippen LogP contribution in [0.25, 0.3) is 0 Å². The topological polar surface area (TPSA) is 103 Å². The Kier molecular flexibility index (Phi) is 7.14. The zero-order valence-corrected chi connectivity index (χ0v) is 21.0. The minimum atomic E-state index is -3.82. The molecule has 2 aliphatic heterocycles. The number of rotatable bonds is 5. The molecule has 1 aromatic carbocycles. The summed E-state index contributed by atoms with van der Waals surface area (Å²) >= 11 is 0. The highest BCUT2D eigenvalue weighted by molar-refractivity contribution is 7.89. The SMILES string of the molecule is Cc1ccc(C)c(NC(=O)C2CCCN(S(=O)(=O)c3c[nH]c(C(=O)N4CCC(C)CC4)c3)C2)c1. The van der Waals surface area contributed by atoms with Crippen molar-refractivity contribution in [2.45, 2.75) is 51.3 Å². The van der Waals surface area contributed by atoms with Crippen LogP contribution in [0.3, 0.4) is 0 Å². The monoisotopic (exact) mass is 486 g/mol. The average Bonchev–Trinajstić information content (AvgIpc) is 3.33. The Morgan fingerprint density at radius 2 is 1.79 bits per heavy atom. The molecule has 0 radical (unpaired) electrons. The van der Waals surface area contributed by atoms with Gasteiger partial charge in [0, 0.05) is 38.1 Å². The second kappa shape index (κ2) is 9.92. The zero-order chi connectivity index (χ0) is 24.5. The Hall–Kier alpha value is -2.65. The molecule has 2 N–H and O–H groups in total. The minimum absolute atomic E-state index is 0.0665. The minimum Gasteiger partial charge on any atom is -0.356 e. The molecule has 0 bridgehead atoms. The molecule has 184 valence electrons. The summed E-state index contributed by atoms with van der Waals surface area (Å²) < 4.78 is 28.0. The highest BCUT2D eigenvalue weighted by Crippen LogP contribution is 2.27. The predicted molar refractivity (Wildman–Crippen MR) is 131 cm³/mol. The number of carbonyl (C=O) groups excluding carboxylic acids is 2. The summed E-state index contributed by atoms with van der Waals surface area (Å²) in [6.07, 6.45) is 4.53. The summed E-state index contributed by atoms with van der Waals surface area (Å²) in [5.41, 5.74) is 3.05. The highest BCUT2D eigenvalue weighted by atomic mass is 32.2. The number of nitrogens with zero attached hydrogens (tertiary/aromatic N) is 2. The lowest BCUT2D eigenvalue weighted by molar-refractivity contribution is -0.120. The van der Waals surface area contributed by atoms with Crippen molar-refractivity contribution in [2.75, 3.05) is 31.5 Å². The molecule has 2 fully saturated rings. The molecule has 2 amide bonds. The van der Waals surface area contributed by atoms with Gasteiger partial charge in [0.15, 0.2) is 0 Å². The fraction of sp³-hybridized carbons (Fsp3) is 0.520. The van der Waals surface area contributed by atoms with Crippen molar-refractivity contribution < 1.29 is 18.0 Å². The van der Waals surface area contributed by atoms with E-state index in [1.807, 2.05) is 32.0 Å². The number of hydrogen-bond acceptors (Lipinski definition) is 4. The largest absolute Gasteiger partial charge is 0.356 e. The van der Waals surface area contributed by atoms with E-state index in [0.29, 0.717) is 38.4 Å². The molecular formula is C25H34N4O4S. The molecule has 0 saturated carbocycles. The lowest BCUT2D eigenvalue weighted by Gasteiger charge is -2.31. The molecule has 34 heavy (non-hydrogen) atoms. The van der Waals surface area contributed by atoms with E-state index in [-0.39, 0.29) is 28.9 Å². The first-order valence-electron chi connectivity index (χ1n) is 12.0. The Morgan fingerprint density at radius 3 is 2.53 bits per heavy atom. The number of likely N-dealkylation sites (tertiary alicyclic amines) is 1. The standard InChI is InChI=1S/C25H34N4O4S/c1-17-8-11-28(12-9-17)25(31)23-14-21(15-26-23)34(32,33)29-10-4-5-20(16-29)24(30)27-22-13-18(2)6-7-19(22)3/h6-7,13-15,17,20,26H,4-5,8-12,16H2,1-3H3,(H,27,30). The maximum absolute atomic E-state index is 13.3. The van der Waals surface area contributed by atoms with Crippen LogP contribution >= 0.6 is 0 Å². The van der Waals surface area contributed by atoms with Crippen LogP contribution in [-0.4, -0.2) is 60.6 Å². The third-order valence-corrected chi connectivity index (χ3v) is 8.84. The van der Waals surface area contributed by atoms with Gasteiger partial charge >= 0.3 is 0 Å². The Bertz CT molecular complexity index is 1170. The molecule has 1 atom stereocenters. The molecule has 2 aromatic rings. The number of piperidine rings is 2. The summed E-state index contributed by atoms with van der Waals surface area (Å²) in [5.74, 6) is -0.169. The quantitative estimate of drug-likeness (QED) is 0.675. The number of anilines is 1. The number of nitrogens with one attached hydrogen (secondary N) is 2. The molecule has 9 heteroatoms. The number of H-pyrrole nitrogens is 1. The van der Waals surface area contributed by atoms with E-state index < -0.39 is 15.9 Å². The lowest BCUT2D eigenvalue weighted by atomic mass is 9.98. The average molecular weight is 487 g/mol. The Labute approximate surface area is 201 Å². The van der Waals surface area contributed by atoms with E-state index in [0.717, 1.165) is 29.7 Å². The van der Waals surface area contributed by atoms with E-state index in [2.05, 4.69) is 17.2 Å². The number of aromatic amines is 1. The van der Waals surface area contributed by atoms with Crippen LogP contribution in [0.15, 0.2) is 35.4 Å². The molecule has 1 unspecified atom stereocenters. The number of aromatic nitrogens is 1. The predicted octanol–water partition coefficient (Wildman–Crippen LogP) is 3.54. The van der Waals surface area contributed by atoms with Crippen LogP contribution in [0.4, 0.5) is 5.69 Å². The van der Waals surface area contributed by atoms with Crippen molar-refractivity contribution in [1.82, 2.24) is 14.2 Å². The van der Waals surface area contributed by atoms with Gasteiger partial charge in [-0.15, -0.1) is 0 Å². The van der Waals surface area contributed by atoms with Crippen molar-refractivity contribution in [3.8, 4) is 0 Å². The maximum atomic E-state index is 13.3. The summed E-state index contributed by atoms with van der Waals surface area (Å²) in [6, 6.07) is 7.29. The zero-order valence-electron chi connectivity index (χ0n) is 20.1. The first-order chi connectivity index (χ1) is 16.1. The van der Waals surface area contributed by atoms with Crippen LogP contribution in [0.5, 0.6) is 0 Å². The van der Waals surface area contributed by atoms with Crippen molar-refractivity contribution in [3.05, 3.63) is 47.3 Å². The van der Waals surface area contributed by atoms with E-state index in [1.54, 1.807) is 4.90 Å². The van der Waals surface area contributed by atoms with Gasteiger partial charge in [0.1, 0.15) is 10.6 Å². The number of aryl methyl sites for hydroxylation is 2. The van der Waals surface area contributed by atoms with Gasteiger partial charge in [0.25, 0.3) is 5.91 Å². The van der Waals surface area contributed by atoms with Crippen molar-refractivity contribution >= 4 is 27.5 Å². The third kappa shape index (κ3) is 5.20. The fourth-order valence-electron chi connectivity index (χ4n) is 4.66. The summed E-state index contributed by atoms with van der Waals surface area (Å²) in [4.78, 5) is 30.5. The first kappa shape index (κ1) is 24.5. The van der Waals surface area contributed by atoms with Crippen molar-refractivity contribution in [1.29, 1.82) is 0 Å². The lowest BCUT2D eigenvalue weighted by Crippen LogP contribution is -2.43. The van der Waals surface area contributed by atoms with E-state index in [4.69, 9.17) is 0 Å². The number of amides is 2. The molecule has 0 spiro atoms. The van der Waals surface area contributed by atoms with Crippen molar-refractivity contribution in [2.24, 2.45) is 11.8 Å². The molecule has 2 saturated heterocycles. The highest BCUT2D eigenvalue weighted by Gasteiger charge is 2.34. The van der Waals surface area contributed by atoms with E-state index >= 15 is 0 Å². The smallest absolute Gasteiger partial charge is 0.270 e. The maximum Gasteiger partial charge on any atom is 0.270 e. The van der Waals surface area contributed by atoms with Crippen LogP contribution < -0.4 is 5.32 Å². The van der Waals surface area contributed by atoms with Crippen LogP contribution in [-0.2, 0) is 14.8 Å². The Morgan fingerprint density at radius 1 is 1.06 bits per heavy atom. The molecule has 3 heterocycles. The second-order valence-electron chi connectivity index (χ2n) is 9.73. The Balaban J connectivity index is 1.44. The van der Waals surface area contributed by atoms with Crippen molar-refractivity contribution in [3.63, 3.8) is 0 Å². The summed E-state index contributed by atoms with van der Waals surface area (Å²) in [6.45, 7) is 7.92. The van der Waals surface area contributed by atoms with Gasteiger partial charge in [-0.2, -0.15) is 4.31 Å². The first-order valence-corrected chi connectivity index (χ1v) is 13.4. The van der Waals surface area contributed by atoms with Crippen LogP contribution in [0, 0.1) is 25.7 Å². The van der Waals surface area contributed by atoms with Crippen LogP contribution in [0.1, 0.15) is 54.2 Å². The van der Waals surface area contributed by atoms with Gasteiger partial charge in [-0.1, -0.05) is 19.1 Å². The number of benzene rings is 1. The molecular weight excluding hydrogens is 452 g/mol. The molecule has 0 aliphatic carbocycles. The van der Waals surface area contributed by atoms with Gasteiger partial charge in [-0.25, -0.2) is 8.42 Å². The van der Waals surface area contributed by atoms with E-state index in [9.17, 15) is 18.0 Å². The fourth-order valence-corrected chi connectivity index (χ4v) is 6.18. The summed E-state index contributed by atoms with van der Waals surface area (Å²) in [7, 11) is -3.82. The third-order valence-electron chi connectivity index (χ3n) is 7.00. The molecule has 1 aromatic heterocycles. The van der Waals surface area contributed by atoms with E-state index in [1.165, 1.54) is 16.6 Å². The second-order valence-corrected chi connectivity index (χ2v) is 11.7. The van der Waals surface area contributed by atoms with Crippen LogP contribution in [0.2, 0.25) is 0 Å². The normalized spacial score (nSPS) is 20.3. The number of hydrogen-bond donors (Lipinski definition) is 2. The molecule has 2 aliphatic rings. The van der Waals surface area contributed by atoms with Gasteiger partial charge < -0.3 is 15.2 Å².